The Kier molecular flexibility index (Phi) is 6.72. The number of carbonyl (C=O) groups excluding carboxylic acids is 1. The molecule has 3 nitrogen and oxygen atoms in total. The lowest BCUT2D eigenvalue weighted by atomic mass is 10.0. The van der Waals surface area contributed by atoms with Crippen LogP contribution < -0.4 is 5.32 Å². The van der Waals surface area contributed by atoms with E-state index in [0.717, 1.165) is 29.6 Å². The van der Waals surface area contributed by atoms with Gasteiger partial charge >= 0.3 is 6.18 Å². The molecule has 25 heavy (non-hydrogen) atoms. The van der Waals surface area contributed by atoms with E-state index >= 15 is 0 Å². The molecule has 1 atom stereocenters. The topological polar surface area (TPSA) is 42.0 Å². The van der Waals surface area contributed by atoms with Crippen molar-refractivity contribution in [2.24, 2.45) is 0 Å². The minimum Gasteiger partial charge on any atom is -0.349 e. The molecule has 0 spiro atoms. The van der Waals surface area contributed by atoms with Crippen LogP contribution in [-0.2, 0) is 11.0 Å². The number of carbonyl (C=O) groups is 1. The van der Waals surface area contributed by atoms with Gasteiger partial charge in [0.15, 0.2) is 0 Å². The molecule has 0 fully saturated rings. The lowest BCUT2D eigenvalue weighted by Gasteiger charge is -2.17. The molecular formula is C17H16ClF3N2OS. The summed E-state index contributed by atoms with van der Waals surface area (Å²) in [5.74, 6) is -0.142. The number of aromatic nitrogens is 1. The van der Waals surface area contributed by atoms with Gasteiger partial charge in [-0.25, -0.2) is 4.98 Å². The Morgan fingerprint density at radius 3 is 2.44 bits per heavy atom. The average Bonchev–Trinajstić information content (AvgIpc) is 2.58. The standard InChI is InChI=1S/C17H16ClF3N2OS/c1-2-14(11-3-6-13(18)7-4-11)23-15(24)10-25-16-8-5-12(9-22-16)17(19,20)21/h3-9,14H,2,10H2,1H3,(H,23,24). The van der Waals surface area contributed by atoms with Gasteiger partial charge in [0.25, 0.3) is 0 Å². The number of rotatable bonds is 6. The number of pyridine rings is 1. The predicted octanol–water partition coefficient (Wildman–Crippen LogP) is 5.11. The molecule has 1 N–H and O–H groups in total. The maximum absolute atomic E-state index is 12.5. The number of amides is 1. The van der Waals surface area contributed by atoms with Gasteiger partial charge in [-0.1, -0.05) is 42.4 Å². The molecule has 8 heteroatoms. The van der Waals surface area contributed by atoms with Crippen molar-refractivity contribution in [3.05, 3.63) is 58.7 Å². The number of nitrogens with one attached hydrogen (secondary N) is 1. The number of hydrogen-bond donors (Lipinski definition) is 1. The Balaban J connectivity index is 1.90. The summed E-state index contributed by atoms with van der Waals surface area (Å²) in [5, 5.41) is 3.88. The van der Waals surface area contributed by atoms with E-state index in [1.165, 1.54) is 6.07 Å². The monoisotopic (exact) mass is 388 g/mol. The SMILES string of the molecule is CCC(NC(=O)CSc1ccc(C(F)(F)F)cn1)c1ccc(Cl)cc1. The second-order valence-corrected chi connectivity index (χ2v) is 6.68. The van der Waals surface area contributed by atoms with Crippen molar-refractivity contribution in [1.82, 2.24) is 10.3 Å². The molecule has 0 saturated carbocycles. The minimum absolute atomic E-state index is 0.0719. The van der Waals surface area contributed by atoms with E-state index in [2.05, 4.69) is 10.3 Å². The Morgan fingerprint density at radius 1 is 1.24 bits per heavy atom. The Labute approximate surface area is 153 Å². The smallest absolute Gasteiger partial charge is 0.349 e. The van der Waals surface area contributed by atoms with Crippen molar-refractivity contribution < 1.29 is 18.0 Å². The summed E-state index contributed by atoms with van der Waals surface area (Å²) in [7, 11) is 0. The highest BCUT2D eigenvalue weighted by atomic mass is 35.5. The van der Waals surface area contributed by atoms with Gasteiger partial charge in [0.2, 0.25) is 5.91 Å². The van der Waals surface area contributed by atoms with E-state index < -0.39 is 11.7 Å². The van der Waals surface area contributed by atoms with Crippen LogP contribution in [0.2, 0.25) is 5.02 Å². The Hall–Kier alpha value is -1.73. The van der Waals surface area contributed by atoms with Crippen LogP contribution in [0.1, 0.15) is 30.5 Å². The molecule has 134 valence electrons. The first-order chi connectivity index (χ1) is 11.8. The number of benzene rings is 1. The lowest BCUT2D eigenvalue weighted by molar-refractivity contribution is -0.137. The average molecular weight is 389 g/mol. The fraction of sp³-hybridized carbons (Fsp3) is 0.294. The van der Waals surface area contributed by atoms with Crippen LogP contribution in [0.5, 0.6) is 0 Å². The van der Waals surface area contributed by atoms with Gasteiger partial charge in [0.05, 0.1) is 22.4 Å². The maximum Gasteiger partial charge on any atom is 0.417 e. The summed E-state index contributed by atoms with van der Waals surface area (Å²) < 4.78 is 37.4. The molecule has 0 aliphatic rings. The molecule has 1 unspecified atom stereocenters. The molecule has 0 saturated heterocycles. The normalized spacial score (nSPS) is 12.7. The lowest BCUT2D eigenvalue weighted by Crippen LogP contribution is -2.29. The summed E-state index contributed by atoms with van der Waals surface area (Å²) in [6.45, 7) is 1.95. The van der Waals surface area contributed by atoms with E-state index in [1.807, 2.05) is 19.1 Å². The molecule has 0 aliphatic heterocycles. The van der Waals surface area contributed by atoms with Gasteiger partial charge in [-0.15, -0.1) is 0 Å². The fourth-order valence-electron chi connectivity index (χ4n) is 2.13. The molecule has 0 bridgehead atoms. The number of alkyl halides is 3. The fourth-order valence-corrected chi connectivity index (χ4v) is 2.90. The van der Waals surface area contributed by atoms with Crippen LogP contribution in [-0.4, -0.2) is 16.6 Å². The first-order valence-corrected chi connectivity index (χ1v) is 8.87. The minimum atomic E-state index is -4.42. The second kappa shape index (κ2) is 8.58. The quantitative estimate of drug-likeness (QED) is 0.699. The van der Waals surface area contributed by atoms with Crippen LogP contribution in [0.25, 0.3) is 0 Å². The number of nitrogens with zero attached hydrogens (tertiary/aromatic N) is 1. The number of halogens is 4. The van der Waals surface area contributed by atoms with Crippen LogP contribution in [0.3, 0.4) is 0 Å². The zero-order chi connectivity index (χ0) is 18.4. The van der Waals surface area contributed by atoms with Crippen LogP contribution in [0.15, 0.2) is 47.6 Å². The highest BCUT2D eigenvalue weighted by molar-refractivity contribution is 7.99. The van der Waals surface area contributed by atoms with Crippen LogP contribution in [0, 0.1) is 0 Å². The first-order valence-electron chi connectivity index (χ1n) is 7.50. The first kappa shape index (κ1) is 19.6. The molecule has 2 rings (SSSR count). The molecule has 2 aromatic rings. The zero-order valence-corrected chi connectivity index (χ0v) is 14.9. The third kappa shape index (κ3) is 5.93. The number of hydrogen-bond acceptors (Lipinski definition) is 3. The van der Waals surface area contributed by atoms with Crippen LogP contribution in [0.4, 0.5) is 13.2 Å². The molecule has 1 aromatic heterocycles. The van der Waals surface area contributed by atoms with Gasteiger partial charge in [0, 0.05) is 11.2 Å². The van der Waals surface area contributed by atoms with Crippen molar-refractivity contribution in [3.63, 3.8) is 0 Å². The Morgan fingerprint density at radius 2 is 1.92 bits per heavy atom. The van der Waals surface area contributed by atoms with Crippen LogP contribution >= 0.6 is 23.4 Å². The van der Waals surface area contributed by atoms with Crippen molar-refractivity contribution in [1.29, 1.82) is 0 Å². The highest BCUT2D eigenvalue weighted by Crippen LogP contribution is 2.29. The highest BCUT2D eigenvalue weighted by Gasteiger charge is 2.30. The summed E-state index contributed by atoms with van der Waals surface area (Å²) in [4.78, 5) is 15.8. The van der Waals surface area contributed by atoms with Gasteiger partial charge in [-0.2, -0.15) is 13.2 Å². The van der Waals surface area contributed by atoms with Gasteiger partial charge < -0.3 is 5.32 Å². The summed E-state index contributed by atoms with van der Waals surface area (Å²) in [6, 6.07) is 9.28. The third-order valence-electron chi connectivity index (χ3n) is 3.43. The second-order valence-electron chi connectivity index (χ2n) is 5.25. The zero-order valence-electron chi connectivity index (χ0n) is 13.3. The van der Waals surface area contributed by atoms with Gasteiger partial charge in [0.1, 0.15) is 0 Å². The van der Waals surface area contributed by atoms with Crippen molar-refractivity contribution in [2.75, 3.05) is 5.75 Å². The van der Waals surface area contributed by atoms with E-state index in [-0.39, 0.29) is 17.7 Å². The Bertz CT molecular complexity index is 705. The maximum atomic E-state index is 12.5. The molecule has 1 heterocycles. The summed E-state index contributed by atoms with van der Waals surface area (Å²) in [5.41, 5.74) is 0.132. The molecule has 1 amide bonds. The van der Waals surface area contributed by atoms with E-state index in [1.54, 1.807) is 12.1 Å². The molecule has 1 aromatic carbocycles. The van der Waals surface area contributed by atoms with Crippen molar-refractivity contribution in [2.45, 2.75) is 30.6 Å². The van der Waals surface area contributed by atoms with E-state index in [9.17, 15) is 18.0 Å². The van der Waals surface area contributed by atoms with E-state index in [4.69, 9.17) is 11.6 Å². The van der Waals surface area contributed by atoms with Crippen molar-refractivity contribution in [3.8, 4) is 0 Å². The largest absolute Gasteiger partial charge is 0.417 e. The van der Waals surface area contributed by atoms with Crippen molar-refractivity contribution >= 4 is 29.3 Å². The summed E-state index contributed by atoms with van der Waals surface area (Å²) in [6.07, 6.45) is -2.94. The summed E-state index contributed by atoms with van der Waals surface area (Å²) >= 11 is 6.94. The van der Waals surface area contributed by atoms with Gasteiger partial charge in [-0.05, 0) is 36.2 Å². The number of thioether (sulfide) groups is 1. The molecule has 0 aliphatic carbocycles. The molecular weight excluding hydrogens is 373 g/mol. The van der Waals surface area contributed by atoms with Gasteiger partial charge in [-0.3, -0.25) is 4.79 Å². The predicted molar refractivity (Wildman–Crippen MR) is 92.6 cm³/mol. The third-order valence-corrected chi connectivity index (χ3v) is 4.63. The van der Waals surface area contributed by atoms with E-state index in [0.29, 0.717) is 16.5 Å². The molecule has 0 radical (unpaired) electrons.